The van der Waals surface area contributed by atoms with E-state index >= 15 is 0 Å². The average molecular weight is 678 g/mol. The van der Waals surface area contributed by atoms with E-state index in [1.54, 1.807) is 0 Å². The van der Waals surface area contributed by atoms with Crippen LogP contribution in [0.4, 0.5) is 0 Å². The van der Waals surface area contributed by atoms with Crippen LogP contribution in [-0.2, 0) is 6.42 Å². The van der Waals surface area contributed by atoms with E-state index < -0.39 is 0 Å². The Morgan fingerprint density at radius 2 is 1.02 bits per heavy atom. The van der Waals surface area contributed by atoms with Crippen molar-refractivity contribution in [3.63, 3.8) is 0 Å². The molecule has 250 valence electrons. The Bertz CT molecular complexity index is 2750. The summed E-state index contributed by atoms with van der Waals surface area (Å²) in [4.78, 5) is 9.98. The van der Waals surface area contributed by atoms with E-state index in [0.29, 0.717) is 0 Å². The lowest BCUT2D eigenvalue weighted by Gasteiger charge is -2.14. The van der Waals surface area contributed by atoms with E-state index in [-0.39, 0.29) is 0 Å². The highest BCUT2D eigenvalue weighted by molar-refractivity contribution is 5.93. The molecule has 0 saturated carbocycles. The van der Waals surface area contributed by atoms with Gasteiger partial charge in [-0.25, -0.2) is 9.97 Å². The van der Waals surface area contributed by atoms with Crippen molar-refractivity contribution in [1.82, 2.24) is 14.5 Å². The van der Waals surface area contributed by atoms with Crippen molar-refractivity contribution >= 4 is 27.8 Å². The van der Waals surface area contributed by atoms with Gasteiger partial charge >= 0.3 is 0 Å². The fraction of sp³-hybridized carbons (Fsp3) is 0.0400. The Labute approximate surface area is 309 Å². The zero-order chi connectivity index (χ0) is 35.1. The highest BCUT2D eigenvalue weighted by atomic mass is 15.0. The summed E-state index contributed by atoms with van der Waals surface area (Å²) in [5, 5.41) is 3.80. The number of allylic oxidation sites excluding steroid dienone is 1. The van der Waals surface area contributed by atoms with Crippen molar-refractivity contribution in [3.05, 3.63) is 193 Å². The molecular formula is C50H35N3. The average Bonchev–Trinajstić information content (AvgIpc) is 3.58. The minimum absolute atomic E-state index is 0.722. The Morgan fingerprint density at radius 3 is 1.77 bits per heavy atom. The Kier molecular flexibility index (Phi) is 7.62. The van der Waals surface area contributed by atoms with Gasteiger partial charge in [0.2, 0.25) is 0 Å². The van der Waals surface area contributed by atoms with E-state index in [0.717, 1.165) is 46.7 Å². The highest BCUT2D eigenvalue weighted by Crippen LogP contribution is 2.36. The number of para-hydroxylation sites is 1. The summed E-state index contributed by atoms with van der Waals surface area (Å²) < 4.78 is 2.43. The molecule has 0 fully saturated rings. The van der Waals surface area contributed by atoms with Crippen molar-refractivity contribution in [2.24, 2.45) is 0 Å². The van der Waals surface area contributed by atoms with Crippen LogP contribution in [0.3, 0.4) is 0 Å². The number of aromatic nitrogens is 3. The molecule has 2 aromatic heterocycles. The third-order valence-electron chi connectivity index (χ3n) is 10.5. The monoisotopic (exact) mass is 677 g/mol. The Morgan fingerprint density at radius 1 is 0.434 bits per heavy atom. The molecule has 3 heteroatoms. The third kappa shape index (κ3) is 5.73. The lowest BCUT2D eigenvalue weighted by atomic mass is 9.96. The normalized spacial score (nSPS) is 12.3. The zero-order valence-corrected chi connectivity index (χ0v) is 29.2. The van der Waals surface area contributed by atoms with E-state index in [9.17, 15) is 0 Å². The van der Waals surface area contributed by atoms with Crippen molar-refractivity contribution in [1.29, 1.82) is 0 Å². The van der Waals surface area contributed by atoms with Gasteiger partial charge in [-0.1, -0.05) is 146 Å². The van der Waals surface area contributed by atoms with E-state index in [4.69, 9.17) is 9.97 Å². The van der Waals surface area contributed by atoms with Crippen molar-refractivity contribution in [2.75, 3.05) is 0 Å². The number of benzene rings is 7. The summed E-state index contributed by atoms with van der Waals surface area (Å²) in [5.41, 5.74) is 14.9. The van der Waals surface area contributed by atoms with Crippen LogP contribution in [0.2, 0.25) is 0 Å². The predicted molar refractivity (Wildman–Crippen MR) is 221 cm³/mol. The van der Waals surface area contributed by atoms with Crippen molar-refractivity contribution in [2.45, 2.75) is 12.8 Å². The molecule has 1 aliphatic carbocycles. The van der Waals surface area contributed by atoms with Gasteiger partial charge in [0, 0.05) is 33.5 Å². The largest absolute Gasteiger partial charge is 0.310 e. The van der Waals surface area contributed by atoms with Gasteiger partial charge < -0.3 is 4.57 Å². The molecule has 0 amide bonds. The molecule has 0 atom stereocenters. The predicted octanol–water partition coefficient (Wildman–Crippen LogP) is 12.9. The second-order valence-corrected chi connectivity index (χ2v) is 13.8. The summed E-state index contributed by atoms with van der Waals surface area (Å²) >= 11 is 0. The van der Waals surface area contributed by atoms with Crippen LogP contribution in [-0.4, -0.2) is 14.5 Å². The third-order valence-corrected chi connectivity index (χ3v) is 10.5. The molecule has 2 heterocycles. The van der Waals surface area contributed by atoms with Crippen LogP contribution < -0.4 is 0 Å². The van der Waals surface area contributed by atoms with Crippen LogP contribution in [0.5, 0.6) is 0 Å². The van der Waals surface area contributed by atoms with E-state index in [2.05, 4.69) is 156 Å². The standard InChI is InChI=1S/C50H35N3/c1-3-12-36(13-4-1)46-33-47(52-50(51-46)38-14-5-2-6-15-38)37-26-22-34(23-27-37)40-28-24-35-25-29-41(31-42(35)30-40)39-16-11-17-43(32-39)53-48-20-9-7-18-44(48)45-19-8-10-21-49(45)53/h1-7,9-18,20-33H,8,19H2. The molecule has 0 spiro atoms. The molecule has 0 saturated heterocycles. The minimum Gasteiger partial charge on any atom is -0.310 e. The van der Waals surface area contributed by atoms with Gasteiger partial charge in [-0.2, -0.15) is 0 Å². The number of nitrogens with zero attached hydrogens (tertiary/aromatic N) is 3. The van der Waals surface area contributed by atoms with Gasteiger partial charge in [-0.3, -0.25) is 0 Å². The summed E-state index contributed by atoms with van der Waals surface area (Å²) in [5.74, 6) is 0.722. The van der Waals surface area contributed by atoms with Gasteiger partial charge in [-0.15, -0.1) is 0 Å². The maximum absolute atomic E-state index is 5.02. The minimum atomic E-state index is 0.722. The SMILES string of the molecule is C1=Cc2c(c3ccccc3n2-c2cccc(-c3ccc4ccc(-c5ccc(-c6cc(-c7ccccc7)nc(-c7ccccc7)n6)cc5)cc4c3)c2)CC1. The first-order valence-corrected chi connectivity index (χ1v) is 18.3. The van der Waals surface area contributed by atoms with E-state index in [1.807, 2.05) is 36.4 Å². The van der Waals surface area contributed by atoms with Gasteiger partial charge in [0.05, 0.1) is 16.9 Å². The first-order chi connectivity index (χ1) is 26.2. The molecule has 9 aromatic rings. The number of aryl methyl sites for hydroxylation is 1. The molecule has 0 aliphatic heterocycles. The highest BCUT2D eigenvalue weighted by Gasteiger charge is 2.18. The number of fused-ring (bicyclic) bond motifs is 4. The van der Waals surface area contributed by atoms with Gasteiger partial charge in [0.25, 0.3) is 0 Å². The Balaban J connectivity index is 0.987. The molecule has 0 N–H and O–H groups in total. The quantitative estimate of drug-likeness (QED) is 0.175. The molecule has 3 nitrogen and oxygen atoms in total. The first-order valence-electron chi connectivity index (χ1n) is 18.3. The van der Waals surface area contributed by atoms with Gasteiger partial charge in [0.1, 0.15) is 0 Å². The summed E-state index contributed by atoms with van der Waals surface area (Å²) in [6.07, 6.45) is 6.78. The summed E-state index contributed by atoms with van der Waals surface area (Å²) in [6, 6.07) is 62.7. The van der Waals surface area contributed by atoms with E-state index in [1.165, 1.54) is 60.9 Å². The molecular weight excluding hydrogens is 643 g/mol. The van der Waals surface area contributed by atoms with Crippen LogP contribution in [0.15, 0.2) is 182 Å². The summed E-state index contributed by atoms with van der Waals surface area (Å²) in [7, 11) is 0. The van der Waals surface area contributed by atoms with Gasteiger partial charge in [-0.05, 0) is 93.9 Å². The Hall–Kier alpha value is -6.84. The molecule has 10 rings (SSSR count). The number of hydrogen-bond donors (Lipinski definition) is 0. The van der Waals surface area contributed by atoms with Crippen molar-refractivity contribution < 1.29 is 0 Å². The molecule has 0 bridgehead atoms. The fourth-order valence-corrected chi connectivity index (χ4v) is 7.80. The molecule has 0 unspecified atom stereocenters. The number of rotatable bonds is 6. The molecule has 1 aliphatic rings. The zero-order valence-electron chi connectivity index (χ0n) is 29.2. The topological polar surface area (TPSA) is 30.7 Å². The lowest BCUT2D eigenvalue weighted by Crippen LogP contribution is -2.00. The number of hydrogen-bond acceptors (Lipinski definition) is 2. The fourth-order valence-electron chi connectivity index (χ4n) is 7.80. The van der Waals surface area contributed by atoms with Crippen LogP contribution in [0, 0.1) is 0 Å². The maximum Gasteiger partial charge on any atom is 0.160 e. The van der Waals surface area contributed by atoms with Gasteiger partial charge in [0.15, 0.2) is 5.82 Å². The first kappa shape index (κ1) is 30.9. The molecule has 0 radical (unpaired) electrons. The second kappa shape index (κ2) is 13.0. The summed E-state index contributed by atoms with van der Waals surface area (Å²) in [6.45, 7) is 0. The second-order valence-electron chi connectivity index (χ2n) is 13.8. The van der Waals surface area contributed by atoms with Crippen LogP contribution in [0.25, 0.3) is 89.6 Å². The van der Waals surface area contributed by atoms with Crippen LogP contribution in [0.1, 0.15) is 17.7 Å². The maximum atomic E-state index is 5.02. The lowest BCUT2D eigenvalue weighted by molar-refractivity contribution is 0.968. The smallest absolute Gasteiger partial charge is 0.160 e. The molecule has 7 aromatic carbocycles. The molecule has 53 heavy (non-hydrogen) atoms. The van der Waals surface area contributed by atoms with Crippen molar-refractivity contribution in [3.8, 4) is 61.8 Å². The van der Waals surface area contributed by atoms with Crippen LogP contribution >= 0.6 is 0 Å².